The lowest BCUT2D eigenvalue weighted by Gasteiger charge is -2.54. The summed E-state index contributed by atoms with van der Waals surface area (Å²) in [7, 11) is 0. The van der Waals surface area contributed by atoms with Crippen LogP contribution in [0.15, 0.2) is 12.2 Å². The molecule has 0 aromatic carbocycles. The number of cyclic esters (lactones) is 2. The summed E-state index contributed by atoms with van der Waals surface area (Å²) in [6.07, 6.45) is 6.30. The zero-order valence-corrected chi connectivity index (χ0v) is 10.5. The summed E-state index contributed by atoms with van der Waals surface area (Å²) in [4.78, 5) is 23.9. The summed E-state index contributed by atoms with van der Waals surface area (Å²) in [6.45, 7) is 6.33. The molecule has 0 spiro atoms. The molecule has 0 N–H and O–H groups in total. The van der Waals surface area contributed by atoms with E-state index in [1.54, 1.807) is 0 Å². The molecule has 1 aliphatic heterocycles. The minimum Gasteiger partial charge on any atom is -0.393 e. The third-order valence-electron chi connectivity index (χ3n) is 5.28. The first-order chi connectivity index (χ1) is 7.91. The summed E-state index contributed by atoms with van der Waals surface area (Å²) in [5.41, 5.74) is -0.337. The quantitative estimate of drug-likeness (QED) is 0.397. The van der Waals surface area contributed by atoms with Gasteiger partial charge in [-0.25, -0.2) is 0 Å². The van der Waals surface area contributed by atoms with E-state index in [9.17, 15) is 9.59 Å². The standard InChI is InChI=1S/C14H18O3/c1-8(2)14-6-4-13(3,5-7-14)9-10(14)12(16)17-11(9)15/h4,6,8-10H,5,7H2,1-3H3. The maximum Gasteiger partial charge on any atom is 0.318 e. The lowest BCUT2D eigenvalue weighted by Crippen LogP contribution is -2.53. The Balaban J connectivity index is 2.18. The highest BCUT2D eigenvalue weighted by Crippen LogP contribution is 2.63. The van der Waals surface area contributed by atoms with Crippen LogP contribution in [0.1, 0.15) is 33.6 Å². The van der Waals surface area contributed by atoms with E-state index in [-0.39, 0.29) is 34.6 Å². The molecule has 3 heteroatoms. The summed E-state index contributed by atoms with van der Waals surface area (Å²) >= 11 is 0. The van der Waals surface area contributed by atoms with E-state index >= 15 is 0 Å². The highest BCUT2D eigenvalue weighted by Gasteiger charge is 2.66. The van der Waals surface area contributed by atoms with E-state index in [2.05, 4.69) is 32.9 Å². The Kier molecular flexibility index (Phi) is 1.94. The van der Waals surface area contributed by atoms with Gasteiger partial charge in [-0.1, -0.05) is 32.9 Å². The van der Waals surface area contributed by atoms with Gasteiger partial charge >= 0.3 is 11.9 Å². The smallest absolute Gasteiger partial charge is 0.318 e. The van der Waals surface area contributed by atoms with Gasteiger partial charge in [0.25, 0.3) is 0 Å². The van der Waals surface area contributed by atoms with Crippen molar-refractivity contribution in [2.75, 3.05) is 0 Å². The maximum absolute atomic E-state index is 12.0. The summed E-state index contributed by atoms with van der Waals surface area (Å²) < 4.78 is 4.91. The fourth-order valence-electron chi connectivity index (χ4n) is 4.03. The fraction of sp³-hybridized carbons (Fsp3) is 0.714. The molecule has 1 saturated carbocycles. The lowest BCUT2D eigenvalue weighted by atomic mass is 9.46. The molecule has 2 bridgehead atoms. The number of hydrogen-bond donors (Lipinski definition) is 0. The van der Waals surface area contributed by atoms with Crippen molar-refractivity contribution < 1.29 is 14.3 Å². The summed E-state index contributed by atoms with van der Waals surface area (Å²) in [5.74, 6) is -0.759. The van der Waals surface area contributed by atoms with Gasteiger partial charge in [0.1, 0.15) is 0 Å². The van der Waals surface area contributed by atoms with Crippen LogP contribution in [-0.4, -0.2) is 11.9 Å². The molecule has 0 amide bonds. The molecular weight excluding hydrogens is 216 g/mol. The van der Waals surface area contributed by atoms with E-state index in [0.717, 1.165) is 12.8 Å². The van der Waals surface area contributed by atoms with Crippen molar-refractivity contribution in [3.05, 3.63) is 12.2 Å². The number of hydrogen-bond acceptors (Lipinski definition) is 3. The van der Waals surface area contributed by atoms with Gasteiger partial charge in [0.05, 0.1) is 11.8 Å². The number of esters is 2. The molecule has 17 heavy (non-hydrogen) atoms. The molecular formula is C14H18O3. The van der Waals surface area contributed by atoms with Crippen LogP contribution >= 0.6 is 0 Å². The molecule has 1 heterocycles. The average molecular weight is 234 g/mol. The van der Waals surface area contributed by atoms with Crippen molar-refractivity contribution in [1.29, 1.82) is 0 Å². The first kappa shape index (κ1) is 11.0. The van der Waals surface area contributed by atoms with E-state index in [1.807, 2.05) is 0 Å². The molecule has 0 aromatic heterocycles. The van der Waals surface area contributed by atoms with Gasteiger partial charge in [-0.05, 0) is 24.2 Å². The van der Waals surface area contributed by atoms with E-state index < -0.39 is 0 Å². The van der Waals surface area contributed by atoms with Gasteiger partial charge < -0.3 is 4.74 Å². The van der Waals surface area contributed by atoms with Crippen LogP contribution in [0.4, 0.5) is 0 Å². The van der Waals surface area contributed by atoms with E-state index in [0.29, 0.717) is 5.92 Å². The monoisotopic (exact) mass is 234 g/mol. The van der Waals surface area contributed by atoms with Crippen LogP contribution in [0, 0.1) is 28.6 Å². The topological polar surface area (TPSA) is 43.4 Å². The number of allylic oxidation sites excluding steroid dienone is 2. The van der Waals surface area contributed by atoms with Gasteiger partial charge in [-0.15, -0.1) is 0 Å². The fourth-order valence-corrected chi connectivity index (χ4v) is 4.03. The molecule has 4 atom stereocenters. The third kappa shape index (κ3) is 1.12. The Labute approximate surface area is 101 Å². The predicted molar refractivity (Wildman–Crippen MR) is 61.8 cm³/mol. The Morgan fingerprint density at radius 2 is 1.82 bits per heavy atom. The summed E-state index contributed by atoms with van der Waals surface area (Å²) in [6, 6.07) is 0. The largest absolute Gasteiger partial charge is 0.393 e. The third-order valence-corrected chi connectivity index (χ3v) is 5.28. The highest BCUT2D eigenvalue weighted by molar-refractivity contribution is 5.98. The second-order valence-corrected chi connectivity index (χ2v) is 6.30. The van der Waals surface area contributed by atoms with Gasteiger partial charge in [-0.2, -0.15) is 0 Å². The molecule has 0 radical (unpaired) electrons. The molecule has 0 aromatic rings. The van der Waals surface area contributed by atoms with Crippen molar-refractivity contribution in [2.24, 2.45) is 28.6 Å². The van der Waals surface area contributed by atoms with Crippen molar-refractivity contribution >= 4 is 11.9 Å². The van der Waals surface area contributed by atoms with Crippen LogP contribution in [0.25, 0.3) is 0 Å². The molecule has 2 fully saturated rings. The van der Waals surface area contributed by atoms with Gasteiger partial charge in [-0.3, -0.25) is 9.59 Å². The van der Waals surface area contributed by atoms with Crippen molar-refractivity contribution in [2.45, 2.75) is 33.6 Å². The number of carbonyl (C=O) groups excluding carboxylic acids is 2. The second kappa shape index (κ2) is 3.01. The van der Waals surface area contributed by atoms with Crippen molar-refractivity contribution in [3.8, 4) is 0 Å². The Bertz CT molecular complexity index is 437. The van der Waals surface area contributed by atoms with Crippen LogP contribution < -0.4 is 0 Å². The number of fused-ring (bicyclic) bond motifs is 1. The first-order valence-electron chi connectivity index (χ1n) is 6.37. The molecule has 4 rings (SSSR count). The summed E-state index contributed by atoms with van der Waals surface area (Å²) in [5, 5.41) is 0. The van der Waals surface area contributed by atoms with E-state index in [1.165, 1.54) is 0 Å². The average Bonchev–Trinajstić information content (AvgIpc) is 2.58. The minimum atomic E-state index is -0.309. The molecule has 3 aliphatic carbocycles. The number of rotatable bonds is 1. The van der Waals surface area contributed by atoms with Gasteiger partial charge in [0.2, 0.25) is 0 Å². The van der Waals surface area contributed by atoms with Crippen LogP contribution in [0.5, 0.6) is 0 Å². The van der Waals surface area contributed by atoms with Crippen LogP contribution in [-0.2, 0) is 14.3 Å². The van der Waals surface area contributed by atoms with Crippen molar-refractivity contribution in [3.63, 3.8) is 0 Å². The van der Waals surface area contributed by atoms with Crippen LogP contribution in [0.2, 0.25) is 0 Å². The molecule has 4 aliphatic rings. The van der Waals surface area contributed by atoms with Crippen molar-refractivity contribution in [1.82, 2.24) is 0 Å². The van der Waals surface area contributed by atoms with Gasteiger partial charge in [0, 0.05) is 5.41 Å². The molecule has 3 nitrogen and oxygen atoms in total. The first-order valence-corrected chi connectivity index (χ1v) is 6.37. The molecule has 92 valence electrons. The number of carbonyl (C=O) groups is 2. The highest BCUT2D eigenvalue weighted by atomic mass is 16.6. The minimum absolute atomic E-state index is 0.161. The van der Waals surface area contributed by atoms with Crippen LogP contribution in [0.3, 0.4) is 0 Å². The zero-order chi connectivity index (χ0) is 12.4. The predicted octanol–water partition coefficient (Wildman–Crippen LogP) is 2.31. The SMILES string of the molecule is CC(C)C12C=CC(C)(CC1)C1C(=O)OC(=O)C12. The Hall–Kier alpha value is -1.12. The van der Waals surface area contributed by atoms with Gasteiger partial charge in [0.15, 0.2) is 0 Å². The Morgan fingerprint density at radius 1 is 1.18 bits per heavy atom. The second-order valence-electron chi connectivity index (χ2n) is 6.30. The van der Waals surface area contributed by atoms with E-state index in [4.69, 9.17) is 4.74 Å². The normalized spacial score (nSPS) is 47.5. The molecule has 1 saturated heterocycles. The maximum atomic E-state index is 12.0. The number of ether oxygens (including phenoxy) is 1. The Morgan fingerprint density at radius 3 is 2.35 bits per heavy atom. The zero-order valence-electron chi connectivity index (χ0n) is 10.5. The molecule has 4 unspecified atom stereocenters. The lowest BCUT2D eigenvalue weighted by molar-refractivity contribution is -0.154.